The van der Waals surface area contributed by atoms with E-state index in [1.54, 1.807) is 0 Å². The van der Waals surface area contributed by atoms with Crippen LogP contribution in [0.15, 0.2) is 0 Å². The first-order valence-corrected chi connectivity index (χ1v) is 5.67. The Hall–Kier alpha value is -0.830. The summed E-state index contributed by atoms with van der Waals surface area (Å²) in [6, 6.07) is 1.05. The third-order valence-corrected chi connectivity index (χ3v) is 2.79. The molecule has 1 atom stereocenters. The quantitative estimate of drug-likeness (QED) is 0.821. The molecule has 1 rings (SSSR count). The van der Waals surface area contributed by atoms with Gasteiger partial charge in [0.15, 0.2) is 0 Å². The van der Waals surface area contributed by atoms with E-state index in [4.69, 9.17) is 0 Å². The molecule has 0 aliphatic rings. The SMILES string of the molecule is Cc1nn(C)c(C)c1CC(C)NC(C)C. The van der Waals surface area contributed by atoms with Crippen molar-refractivity contribution in [1.29, 1.82) is 0 Å². The Labute approximate surface area is 92.9 Å². The molecule has 3 heteroatoms. The van der Waals surface area contributed by atoms with Crippen molar-refractivity contribution in [3.8, 4) is 0 Å². The van der Waals surface area contributed by atoms with E-state index in [0.29, 0.717) is 12.1 Å². The topological polar surface area (TPSA) is 29.9 Å². The van der Waals surface area contributed by atoms with E-state index >= 15 is 0 Å². The molecule has 0 bridgehead atoms. The predicted molar refractivity (Wildman–Crippen MR) is 64.1 cm³/mol. The van der Waals surface area contributed by atoms with Crippen LogP contribution in [-0.2, 0) is 13.5 Å². The highest BCUT2D eigenvalue weighted by Crippen LogP contribution is 2.14. The summed E-state index contributed by atoms with van der Waals surface area (Å²) in [4.78, 5) is 0. The Morgan fingerprint density at radius 3 is 2.27 bits per heavy atom. The third-order valence-electron chi connectivity index (χ3n) is 2.79. The zero-order chi connectivity index (χ0) is 11.6. The Bertz CT molecular complexity index is 326. The Morgan fingerprint density at radius 1 is 1.27 bits per heavy atom. The molecule has 0 aliphatic carbocycles. The van der Waals surface area contributed by atoms with Gasteiger partial charge in [0.2, 0.25) is 0 Å². The van der Waals surface area contributed by atoms with Gasteiger partial charge in [-0.25, -0.2) is 0 Å². The molecule has 0 fully saturated rings. The van der Waals surface area contributed by atoms with E-state index < -0.39 is 0 Å². The summed E-state index contributed by atoms with van der Waals surface area (Å²) in [5.41, 5.74) is 3.83. The van der Waals surface area contributed by atoms with Gasteiger partial charge in [0, 0.05) is 24.8 Å². The lowest BCUT2D eigenvalue weighted by molar-refractivity contribution is 0.486. The second-order valence-corrected chi connectivity index (χ2v) is 4.70. The van der Waals surface area contributed by atoms with Gasteiger partial charge in [0.25, 0.3) is 0 Å². The Morgan fingerprint density at radius 2 is 1.87 bits per heavy atom. The van der Waals surface area contributed by atoms with Crippen LogP contribution in [-0.4, -0.2) is 21.9 Å². The van der Waals surface area contributed by atoms with Gasteiger partial charge in [-0.3, -0.25) is 4.68 Å². The van der Waals surface area contributed by atoms with Crippen LogP contribution in [0.4, 0.5) is 0 Å². The van der Waals surface area contributed by atoms with Crippen molar-refractivity contribution in [3.05, 3.63) is 17.0 Å². The molecule has 1 N–H and O–H groups in total. The fourth-order valence-electron chi connectivity index (χ4n) is 2.05. The molecular weight excluding hydrogens is 186 g/mol. The molecule has 1 aromatic rings. The monoisotopic (exact) mass is 209 g/mol. The third kappa shape index (κ3) is 3.06. The minimum absolute atomic E-state index is 0.506. The van der Waals surface area contributed by atoms with Crippen LogP contribution in [0.2, 0.25) is 0 Å². The van der Waals surface area contributed by atoms with Gasteiger partial charge in [-0.15, -0.1) is 0 Å². The van der Waals surface area contributed by atoms with Crippen molar-refractivity contribution < 1.29 is 0 Å². The highest BCUT2D eigenvalue weighted by Gasteiger charge is 2.13. The van der Waals surface area contributed by atoms with Gasteiger partial charge in [0.05, 0.1) is 5.69 Å². The normalized spacial score (nSPS) is 13.5. The molecule has 0 amide bonds. The molecule has 1 aromatic heterocycles. The van der Waals surface area contributed by atoms with E-state index in [1.165, 1.54) is 11.3 Å². The van der Waals surface area contributed by atoms with Crippen molar-refractivity contribution in [2.45, 2.75) is 53.1 Å². The molecule has 3 nitrogen and oxygen atoms in total. The highest BCUT2D eigenvalue weighted by molar-refractivity contribution is 5.25. The molecule has 0 aromatic carbocycles. The number of hydrogen-bond acceptors (Lipinski definition) is 2. The van der Waals surface area contributed by atoms with Crippen LogP contribution in [0.25, 0.3) is 0 Å². The van der Waals surface area contributed by atoms with Crippen LogP contribution in [0.1, 0.15) is 37.7 Å². The summed E-state index contributed by atoms with van der Waals surface area (Å²) in [5, 5.41) is 7.95. The van der Waals surface area contributed by atoms with Crippen molar-refractivity contribution in [2.75, 3.05) is 0 Å². The second-order valence-electron chi connectivity index (χ2n) is 4.70. The number of rotatable bonds is 4. The summed E-state index contributed by atoms with van der Waals surface area (Å²) in [5.74, 6) is 0. The van der Waals surface area contributed by atoms with Gasteiger partial charge in [-0.2, -0.15) is 5.10 Å². The van der Waals surface area contributed by atoms with Crippen LogP contribution < -0.4 is 5.32 Å². The van der Waals surface area contributed by atoms with Crippen molar-refractivity contribution in [2.24, 2.45) is 7.05 Å². The molecule has 86 valence electrons. The first kappa shape index (κ1) is 12.2. The smallest absolute Gasteiger partial charge is 0.0628 e. The van der Waals surface area contributed by atoms with E-state index in [1.807, 2.05) is 11.7 Å². The summed E-state index contributed by atoms with van der Waals surface area (Å²) >= 11 is 0. The predicted octanol–water partition coefficient (Wildman–Crippen LogP) is 1.97. The van der Waals surface area contributed by atoms with Gasteiger partial charge in [-0.1, -0.05) is 13.8 Å². The average molecular weight is 209 g/mol. The Balaban J connectivity index is 2.71. The Kier molecular flexibility index (Phi) is 3.91. The van der Waals surface area contributed by atoms with E-state index in [-0.39, 0.29) is 0 Å². The molecule has 1 heterocycles. The zero-order valence-corrected chi connectivity index (χ0v) is 10.8. The highest BCUT2D eigenvalue weighted by atomic mass is 15.3. The zero-order valence-electron chi connectivity index (χ0n) is 10.8. The molecule has 15 heavy (non-hydrogen) atoms. The lowest BCUT2D eigenvalue weighted by atomic mass is 10.0. The van der Waals surface area contributed by atoms with Crippen LogP contribution in [0, 0.1) is 13.8 Å². The van der Waals surface area contributed by atoms with Crippen molar-refractivity contribution in [1.82, 2.24) is 15.1 Å². The van der Waals surface area contributed by atoms with Crippen LogP contribution in [0.3, 0.4) is 0 Å². The summed E-state index contributed by atoms with van der Waals surface area (Å²) in [6.45, 7) is 10.8. The molecule has 1 unspecified atom stereocenters. The molecular formula is C12H23N3. The minimum atomic E-state index is 0.506. The van der Waals surface area contributed by atoms with E-state index in [9.17, 15) is 0 Å². The van der Waals surface area contributed by atoms with Gasteiger partial charge in [-0.05, 0) is 32.8 Å². The standard InChI is InChI=1S/C12H23N3/c1-8(2)13-9(3)7-12-10(4)14-15(6)11(12)5/h8-9,13H,7H2,1-6H3. The van der Waals surface area contributed by atoms with Crippen molar-refractivity contribution >= 4 is 0 Å². The lowest BCUT2D eigenvalue weighted by Crippen LogP contribution is -2.34. The van der Waals surface area contributed by atoms with Crippen molar-refractivity contribution in [3.63, 3.8) is 0 Å². The second kappa shape index (κ2) is 4.79. The van der Waals surface area contributed by atoms with Gasteiger partial charge >= 0.3 is 0 Å². The van der Waals surface area contributed by atoms with Gasteiger partial charge in [0.1, 0.15) is 0 Å². The lowest BCUT2D eigenvalue weighted by Gasteiger charge is -2.16. The number of nitrogens with one attached hydrogen (secondary N) is 1. The number of aromatic nitrogens is 2. The van der Waals surface area contributed by atoms with Crippen LogP contribution in [0.5, 0.6) is 0 Å². The maximum absolute atomic E-state index is 4.43. The fourth-order valence-corrected chi connectivity index (χ4v) is 2.05. The summed E-state index contributed by atoms with van der Waals surface area (Å²) in [6.07, 6.45) is 1.06. The largest absolute Gasteiger partial charge is 0.312 e. The molecule has 0 spiro atoms. The fraction of sp³-hybridized carbons (Fsp3) is 0.750. The molecule has 0 radical (unpaired) electrons. The first-order valence-electron chi connectivity index (χ1n) is 5.67. The minimum Gasteiger partial charge on any atom is -0.312 e. The van der Waals surface area contributed by atoms with E-state index in [2.05, 4.69) is 45.0 Å². The van der Waals surface area contributed by atoms with E-state index in [0.717, 1.165) is 12.1 Å². The van der Waals surface area contributed by atoms with Gasteiger partial charge < -0.3 is 5.32 Å². The molecule has 0 saturated heterocycles. The first-order chi connectivity index (χ1) is 6.91. The average Bonchev–Trinajstić information content (AvgIpc) is 2.31. The molecule has 0 saturated carbocycles. The number of hydrogen-bond donors (Lipinski definition) is 1. The number of nitrogens with zero attached hydrogens (tertiary/aromatic N) is 2. The van der Waals surface area contributed by atoms with Crippen LogP contribution >= 0.6 is 0 Å². The maximum Gasteiger partial charge on any atom is 0.0628 e. The summed E-state index contributed by atoms with van der Waals surface area (Å²) in [7, 11) is 2.01. The maximum atomic E-state index is 4.43. The number of aryl methyl sites for hydroxylation is 2. The molecule has 0 aliphatic heterocycles. The summed E-state index contributed by atoms with van der Waals surface area (Å²) < 4.78 is 1.97.